The van der Waals surface area contributed by atoms with Gasteiger partial charge in [-0.25, -0.2) is 9.97 Å². The van der Waals surface area contributed by atoms with Crippen LogP contribution >= 0.6 is 11.6 Å². The van der Waals surface area contributed by atoms with Crippen molar-refractivity contribution in [3.05, 3.63) is 34.7 Å². The van der Waals surface area contributed by atoms with Gasteiger partial charge in [-0.3, -0.25) is 4.79 Å². The lowest BCUT2D eigenvalue weighted by Gasteiger charge is -2.08. The van der Waals surface area contributed by atoms with Crippen LogP contribution in [0.5, 0.6) is 0 Å². The van der Waals surface area contributed by atoms with Gasteiger partial charge in [0.25, 0.3) is 0 Å². The summed E-state index contributed by atoms with van der Waals surface area (Å²) in [6.07, 6.45) is -4.94. The molecule has 0 aliphatic heterocycles. The molecule has 0 aliphatic carbocycles. The summed E-state index contributed by atoms with van der Waals surface area (Å²) in [5, 5.41) is 8.44. The monoisotopic (exact) mass is 290 g/mol. The van der Waals surface area contributed by atoms with E-state index in [0.29, 0.717) is 0 Å². The molecule has 0 saturated heterocycles. The van der Waals surface area contributed by atoms with Crippen molar-refractivity contribution in [1.29, 1.82) is 0 Å². The van der Waals surface area contributed by atoms with Gasteiger partial charge in [0, 0.05) is 5.39 Å². The van der Waals surface area contributed by atoms with Crippen LogP contribution in [0.3, 0.4) is 0 Å². The SMILES string of the molecule is O=C(O)Cc1nc(Cl)c2cc(C(F)(F)F)ccc2n1. The number of carboxylic acid groups (broad SMARTS) is 1. The minimum atomic E-state index is -4.49. The summed E-state index contributed by atoms with van der Waals surface area (Å²) >= 11 is 5.76. The average Bonchev–Trinajstić information content (AvgIpc) is 2.26. The van der Waals surface area contributed by atoms with E-state index in [-0.39, 0.29) is 21.9 Å². The number of halogens is 4. The van der Waals surface area contributed by atoms with E-state index >= 15 is 0 Å². The third-order valence-electron chi connectivity index (χ3n) is 2.33. The van der Waals surface area contributed by atoms with E-state index in [9.17, 15) is 18.0 Å². The Bertz CT molecular complexity index is 658. The Morgan fingerprint density at radius 2 is 2.00 bits per heavy atom. The minimum Gasteiger partial charge on any atom is -0.481 e. The van der Waals surface area contributed by atoms with Crippen molar-refractivity contribution in [2.75, 3.05) is 0 Å². The Kier molecular flexibility index (Phi) is 3.32. The van der Waals surface area contributed by atoms with Gasteiger partial charge in [-0.2, -0.15) is 13.2 Å². The first-order valence-corrected chi connectivity index (χ1v) is 5.40. The predicted molar refractivity (Wildman–Crippen MR) is 60.9 cm³/mol. The maximum Gasteiger partial charge on any atom is 0.416 e. The summed E-state index contributed by atoms with van der Waals surface area (Å²) in [5.41, 5.74) is -0.694. The summed E-state index contributed by atoms with van der Waals surface area (Å²) in [4.78, 5) is 18.1. The van der Waals surface area contributed by atoms with Crippen LogP contribution in [0.4, 0.5) is 13.2 Å². The number of nitrogens with zero attached hydrogens (tertiary/aromatic N) is 2. The highest BCUT2D eigenvalue weighted by atomic mass is 35.5. The molecule has 1 heterocycles. The number of carbonyl (C=O) groups is 1. The Morgan fingerprint density at radius 1 is 1.32 bits per heavy atom. The Labute approximate surface area is 109 Å². The second kappa shape index (κ2) is 4.65. The van der Waals surface area contributed by atoms with E-state index in [4.69, 9.17) is 16.7 Å². The van der Waals surface area contributed by atoms with Crippen molar-refractivity contribution >= 4 is 28.5 Å². The highest BCUT2D eigenvalue weighted by Gasteiger charge is 2.30. The van der Waals surface area contributed by atoms with Crippen molar-refractivity contribution in [2.45, 2.75) is 12.6 Å². The molecule has 2 rings (SSSR count). The summed E-state index contributed by atoms with van der Waals surface area (Å²) < 4.78 is 37.6. The number of hydrogen-bond donors (Lipinski definition) is 1. The number of alkyl halides is 3. The van der Waals surface area contributed by atoms with Crippen LogP contribution in [0.15, 0.2) is 18.2 Å². The molecular formula is C11H6ClF3N2O2. The van der Waals surface area contributed by atoms with Gasteiger partial charge in [-0.05, 0) is 18.2 Å². The molecule has 0 atom stereocenters. The van der Waals surface area contributed by atoms with E-state index in [1.807, 2.05) is 0 Å². The van der Waals surface area contributed by atoms with Gasteiger partial charge < -0.3 is 5.11 Å². The number of aliphatic carboxylic acids is 1. The van der Waals surface area contributed by atoms with Crippen molar-refractivity contribution in [1.82, 2.24) is 9.97 Å². The fraction of sp³-hybridized carbons (Fsp3) is 0.182. The zero-order chi connectivity index (χ0) is 14.2. The van der Waals surface area contributed by atoms with Gasteiger partial charge in [0.1, 0.15) is 17.4 Å². The summed E-state index contributed by atoms with van der Waals surface area (Å²) in [5.74, 6) is -1.20. The van der Waals surface area contributed by atoms with Crippen LogP contribution in [0, 0.1) is 0 Å². The van der Waals surface area contributed by atoms with E-state index in [2.05, 4.69) is 9.97 Å². The van der Waals surface area contributed by atoms with E-state index in [1.165, 1.54) is 0 Å². The molecule has 0 unspecified atom stereocenters. The second-order valence-corrected chi connectivity index (χ2v) is 4.09. The van der Waals surface area contributed by atoms with Crippen LogP contribution in [-0.2, 0) is 17.4 Å². The molecule has 1 aromatic carbocycles. The van der Waals surface area contributed by atoms with Crippen LogP contribution in [0.1, 0.15) is 11.4 Å². The number of benzene rings is 1. The van der Waals surface area contributed by atoms with Gasteiger partial charge >= 0.3 is 12.1 Å². The topological polar surface area (TPSA) is 63.1 Å². The summed E-state index contributed by atoms with van der Waals surface area (Å²) in [6.45, 7) is 0. The smallest absolute Gasteiger partial charge is 0.416 e. The number of carboxylic acids is 1. The molecule has 0 radical (unpaired) electrons. The predicted octanol–water partition coefficient (Wildman–Crippen LogP) is 2.93. The molecule has 19 heavy (non-hydrogen) atoms. The fourth-order valence-electron chi connectivity index (χ4n) is 1.53. The second-order valence-electron chi connectivity index (χ2n) is 3.73. The summed E-state index contributed by atoms with van der Waals surface area (Å²) in [6, 6.07) is 2.83. The standard InChI is InChI=1S/C11H6ClF3N2O2/c12-10-6-3-5(11(13,14)15)1-2-7(6)16-8(17-10)4-9(18)19/h1-3H,4H2,(H,18,19). The minimum absolute atomic E-state index is 0.0330. The molecular weight excluding hydrogens is 285 g/mol. The highest BCUT2D eigenvalue weighted by molar-refractivity contribution is 6.34. The lowest BCUT2D eigenvalue weighted by Crippen LogP contribution is -2.07. The van der Waals surface area contributed by atoms with Crippen molar-refractivity contribution in [3.8, 4) is 0 Å². The normalized spacial score (nSPS) is 11.8. The third-order valence-corrected chi connectivity index (χ3v) is 2.62. The fourth-order valence-corrected chi connectivity index (χ4v) is 1.78. The molecule has 100 valence electrons. The molecule has 2 aromatic rings. The lowest BCUT2D eigenvalue weighted by atomic mass is 10.1. The number of rotatable bonds is 2. The first-order valence-electron chi connectivity index (χ1n) is 5.02. The first-order chi connectivity index (χ1) is 8.77. The molecule has 0 spiro atoms. The van der Waals surface area contributed by atoms with Gasteiger partial charge in [-0.15, -0.1) is 0 Å². The number of hydrogen-bond acceptors (Lipinski definition) is 3. The Hall–Kier alpha value is -1.89. The van der Waals surface area contributed by atoms with Gasteiger partial charge in [-0.1, -0.05) is 11.6 Å². The van der Waals surface area contributed by atoms with E-state index in [1.54, 1.807) is 0 Å². The molecule has 0 aliphatic rings. The van der Waals surface area contributed by atoms with E-state index < -0.39 is 24.1 Å². The third kappa shape index (κ3) is 2.93. The number of fused-ring (bicyclic) bond motifs is 1. The average molecular weight is 291 g/mol. The highest BCUT2D eigenvalue weighted by Crippen LogP contribution is 2.32. The maximum atomic E-state index is 12.5. The Morgan fingerprint density at radius 3 is 2.58 bits per heavy atom. The van der Waals surface area contributed by atoms with Crippen LogP contribution < -0.4 is 0 Å². The lowest BCUT2D eigenvalue weighted by molar-refractivity contribution is -0.138. The van der Waals surface area contributed by atoms with Crippen LogP contribution in [0.25, 0.3) is 10.9 Å². The molecule has 1 aromatic heterocycles. The molecule has 4 nitrogen and oxygen atoms in total. The van der Waals surface area contributed by atoms with Gasteiger partial charge in [0.05, 0.1) is 11.1 Å². The molecule has 1 N–H and O–H groups in total. The Balaban J connectivity index is 2.57. The zero-order valence-electron chi connectivity index (χ0n) is 9.20. The molecule has 8 heteroatoms. The largest absolute Gasteiger partial charge is 0.481 e. The molecule has 0 fully saturated rings. The summed E-state index contributed by atoms with van der Waals surface area (Å²) in [7, 11) is 0. The van der Waals surface area contributed by atoms with Crippen molar-refractivity contribution in [2.24, 2.45) is 0 Å². The first kappa shape index (κ1) is 13.5. The number of aromatic nitrogens is 2. The molecule has 0 saturated carbocycles. The van der Waals surface area contributed by atoms with Crippen molar-refractivity contribution < 1.29 is 23.1 Å². The van der Waals surface area contributed by atoms with Crippen LogP contribution in [0.2, 0.25) is 5.15 Å². The zero-order valence-corrected chi connectivity index (χ0v) is 9.96. The van der Waals surface area contributed by atoms with Gasteiger partial charge in [0.2, 0.25) is 0 Å². The van der Waals surface area contributed by atoms with Gasteiger partial charge in [0.15, 0.2) is 0 Å². The molecule has 0 amide bonds. The van der Waals surface area contributed by atoms with Crippen molar-refractivity contribution in [3.63, 3.8) is 0 Å². The van der Waals surface area contributed by atoms with Crippen LogP contribution in [-0.4, -0.2) is 21.0 Å². The molecule has 0 bridgehead atoms. The van der Waals surface area contributed by atoms with E-state index in [0.717, 1.165) is 18.2 Å². The quantitative estimate of drug-likeness (QED) is 0.864. The maximum absolute atomic E-state index is 12.5.